The molecule has 1 fully saturated rings. The standard InChI is InChI=1S/C14H22N4O3/c1-15-12-4-2-5-13(14(12)18(19)20)16-6-3-7-17-8-10-21-11-9-17/h2,4-5,15-16H,3,6-11H2,1H3. The highest BCUT2D eigenvalue weighted by Gasteiger charge is 2.18. The lowest BCUT2D eigenvalue weighted by molar-refractivity contribution is -0.383. The Labute approximate surface area is 124 Å². The van der Waals surface area contributed by atoms with Gasteiger partial charge in [0.25, 0.3) is 0 Å². The van der Waals surface area contributed by atoms with Crippen LogP contribution in [0.4, 0.5) is 17.1 Å². The van der Waals surface area contributed by atoms with Crippen LogP contribution in [0.15, 0.2) is 18.2 Å². The third-order valence-corrected chi connectivity index (χ3v) is 3.56. The summed E-state index contributed by atoms with van der Waals surface area (Å²) in [5.41, 5.74) is 1.19. The van der Waals surface area contributed by atoms with E-state index in [0.717, 1.165) is 39.3 Å². The van der Waals surface area contributed by atoms with Crippen molar-refractivity contribution >= 4 is 17.1 Å². The van der Waals surface area contributed by atoms with E-state index in [0.29, 0.717) is 17.9 Å². The van der Waals surface area contributed by atoms with Crippen LogP contribution in [0.25, 0.3) is 0 Å². The molecule has 0 spiro atoms. The Morgan fingerprint density at radius 3 is 2.71 bits per heavy atom. The van der Waals surface area contributed by atoms with Gasteiger partial charge in [0, 0.05) is 26.7 Å². The molecule has 1 aliphatic heterocycles. The summed E-state index contributed by atoms with van der Waals surface area (Å²) in [5, 5.41) is 17.2. The number of para-hydroxylation sites is 1. The Kier molecular flexibility index (Phi) is 5.77. The van der Waals surface area contributed by atoms with Gasteiger partial charge in [0.15, 0.2) is 0 Å². The maximum absolute atomic E-state index is 11.2. The van der Waals surface area contributed by atoms with Gasteiger partial charge < -0.3 is 15.4 Å². The number of nitrogens with zero attached hydrogens (tertiary/aromatic N) is 2. The van der Waals surface area contributed by atoms with E-state index < -0.39 is 0 Å². The highest BCUT2D eigenvalue weighted by molar-refractivity contribution is 5.75. The van der Waals surface area contributed by atoms with Gasteiger partial charge in [-0.15, -0.1) is 0 Å². The SMILES string of the molecule is CNc1cccc(NCCCN2CCOCC2)c1[N+](=O)[O-]. The average molecular weight is 294 g/mol. The molecular formula is C14H22N4O3. The Balaban J connectivity index is 1.86. The first-order valence-electron chi connectivity index (χ1n) is 7.21. The molecule has 1 aromatic carbocycles. The fourth-order valence-electron chi connectivity index (χ4n) is 2.44. The van der Waals surface area contributed by atoms with Gasteiger partial charge >= 0.3 is 5.69 Å². The number of nitro benzene ring substituents is 1. The van der Waals surface area contributed by atoms with Crippen molar-refractivity contribution in [2.24, 2.45) is 0 Å². The normalized spacial score (nSPS) is 15.7. The fourth-order valence-corrected chi connectivity index (χ4v) is 2.44. The quantitative estimate of drug-likeness (QED) is 0.453. The lowest BCUT2D eigenvalue weighted by atomic mass is 10.2. The number of rotatable bonds is 7. The van der Waals surface area contributed by atoms with Gasteiger partial charge in [-0.3, -0.25) is 15.0 Å². The summed E-state index contributed by atoms with van der Waals surface area (Å²) in [4.78, 5) is 13.2. The van der Waals surface area contributed by atoms with Crippen LogP contribution in [0.3, 0.4) is 0 Å². The van der Waals surface area contributed by atoms with Crippen molar-refractivity contribution in [2.45, 2.75) is 6.42 Å². The number of hydrogen-bond donors (Lipinski definition) is 2. The molecule has 0 unspecified atom stereocenters. The second-order valence-corrected chi connectivity index (χ2v) is 4.94. The molecular weight excluding hydrogens is 272 g/mol. The number of benzene rings is 1. The average Bonchev–Trinajstić information content (AvgIpc) is 2.52. The molecule has 1 aliphatic rings. The van der Waals surface area contributed by atoms with E-state index in [1.807, 2.05) is 6.07 Å². The van der Waals surface area contributed by atoms with Crippen LogP contribution in [0, 0.1) is 10.1 Å². The maximum Gasteiger partial charge on any atom is 0.315 e. The second-order valence-electron chi connectivity index (χ2n) is 4.94. The number of ether oxygens (including phenoxy) is 1. The van der Waals surface area contributed by atoms with Crippen LogP contribution in [0.5, 0.6) is 0 Å². The van der Waals surface area contributed by atoms with Gasteiger partial charge in [0.05, 0.1) is 18.1 Å². The van der Waals surface area contributed by atoms with E-state index in [1.54, 1.807) is 19.2 Å². The minimum Gasteiger partial charge on any atom is -0.382 e. The molecule has 7 nitrogen and oxygen atoms in total. The summed E-state index contributed by atoms with van der Waals surface area (Å²) < 4.78 is 5.30. The van der Waals surface area contributed by atoms with Crippen LogP contribution in [-0.2, 0) is 4.74 Å². The van der Waals surface area contributed by atoms with Crippen LogP contribution >= 0.6 is 0 Å². The highest BCUT2D eigenvalue weighted by Crippen LogP contribution is 2.32. The lowest BCUT2D eigenvalue weighted by Crippen LogP contribution is -2.37. The summed E-state index contributed by atoms with van der Waals surface area (Å²) in [7, 11) is 1.69. The molecule has 0 aromatic heterocycles. The monoisotopic (exact) mass is 294 g/mol. The van der Waals surface area contributed by atoms with Crippen molar-refractivity contribution in [2.75, 3.05) is 57.1 Å². The molecule has 0 saturated carbocycles. The summed E-state index contributed by atoms with van der Waals surface area (Å²) in [6.45, 7) is 5.22. The third-order valence-electron chi connectivity index (χ3n) is 3.56. The van der Waals surface area contributed by atoms with Crippen molar-refractivity contribution in [1.82, 2.24) is 4.90 Å². The van der Waals surface area contributed by atoms with Crippen LogP contribution in [0.1, 0.15) is 6.42 Å². The topological polar surface area (TPSA) is 79.7 Å². The molecule has 21 heavy (non-hydrogen) atoms. The van der Waals surface area contributed by atoms with Crippen molar-refractivity contribution < 1.29 is 9.66 Å². The predicted molar refractivity (Wildman–Crippen MR) is 83.0 cm³/mol. The zero-order chi connectivity index (χ0) is 15.1. The first-order chi connectivity index (χ1) is 10.2. The molecule has 0 atom stereocenters. The molecule has 1 heterocycles. The summed E-state index contributed by atoms with van der Waals surface area (Å²) in [6.07, 6.45) is 0.945. The van der Waals surface area contributed by atoms with E-state index >= 15 is 0 Å². The zero-order valence-electron chi connectivity index (χ0n) is 12.3. The Hall–Kier alpha value is -1.86. The molecule has 2 rings (SSSR count). The number of morpholine rings is 1. The number of nitro groups is 1. The van der Waals surface area contributed by atoms with Crippen molar-refractivity contribution in [3.8, 4) is 0 Å². The van der Waals surface area contributed by atoms with Crippen molar-refractivity contribution in [3.63, 3.8) is 0 Å². The van der Waals surface area contributed by atoms with Gasteiger partial charge in [-0.05, 0) is 25.1 Å². The highest BCUT2D eigenvalue weighted by atomic mass is 16.6. The number of anilines is 2. The first kappa shape index (κ1) is 15.5. The third kappa shape index (κ3) is 4.30. The van der Waals surface area contributed by atoms with Gasteiger partial charge in [-0.25, -0.2) is 0 Å². The van der Waals surface area contributed by atoms with Crippen molar-refractivity contribution in [3.05, 3.63) is 28.3 Å². The van der Waals surface area contributed by atoms with E-state index in [4.69, 9.17) is 4.74 Å². The summed E-state index contributed by atoms with van der Waals surface area (Å²) in [6, 6.07) is 5.26. The number of nitrogens with one attached hydrogen (secondary N) is 2. The van der Waals surface area contributed by atoms with Crippen LogP contribution in [0.2, 0.25) is 0 Å². The Morgan fingerprint density at radius 2 is 2.05 bits per heavy atom. The van der Waals surface area contributed by atoms with Gasteiger partial charge in [-0.1, -0.05) is 6.07 Å². The van der Waals surface area contributed by atoms with Crippen LogP contribution in [-0.4, -0.2) is 56.3 Å². The molecule has 0 radical (unpaired) electrons. The lowest BCUT2D eigenvalue weighted by Gasteiger charge is -2.26. The zero-order valence-corrected chi connectivity index (χ0v) is 12.3. The van der Waals surface area contributed by atoms with Gasteiger partial charge in [-0.2, -0.15) is 0 Å². The van der Waals surface area contributed by atoms with Crippen molar-refractivity contribution in [1.29, 1.82) is 0 Å². The van der Waals surface area contributed by atoms with E-state index in [2.05, 4.69) is 15.5 Å². The second kappa shape index (κ2) is 7.80. The molecule has 1 aromatic rings. The van der Waals surface area contributed by atoms with E-state index in [-0.39, 0.29) is 10.6 Å². The van der Waals surface area contributed by atoms with E-state index in [9.17, 15) is 10.1 Å². The summed E-state index contributed by atoms with van der Waals surface area (Å²) >= 11 is 0. The maximum atomic E-state index is 11.2. The fraction of sp³-hybridized carbons (Fsp3) is 0.571. The summed E-state index contributed by atoms with van der Waals surface area (Å²) in [5.74, 6) is 0. The van der Waals surface area contributed by atoms with E-state index in [1.165, 1.54) is 0 Å². The Morgan fingerprint density at radius 1 is 1.33 bits per heavy atom. The molecule has 0 bridgehead atoms. The number of hydrogen-bond acceptors (Lipinski definition) is 6. The molecule has 1 saturated heterocycles. The smallest absolute Gasteiger partial charge is 0.315 e. The Bertz CT molecular complexity index is 475. The minimum absolute atomic E-state index is 0.103. The first-order valence-corrected chi connectivity index (χ1v) is 7.21. The predicted octanol–water partition coefficient (Wildman–Crippen LogP) is 1.77. The largest absolute Gasteiger partial charge is 0.382 e. The minimum atomic E-state index is -0.351. The molecule has 0 aliphatic carbocycles. The molecule has 7 heteroatoms. The van der Waals surface area contributed by atoms with Gasteiger partial charge in [0.1, 0.15) is 11.4 Å². The van der Waals surface area contributed by atoms with Crippen LogP contribution < -0.4 is 10.6 Å². The molecule has 2 N–H and O–H groups in total. The molecule has 116 valence electrons. The van der Waals surface area contributed by atoms with Gasteiger partial charge in [0.2, 0.25) is 0 Å². The molecule has 0 amide bonds.